The Morgan fingerprint density at radius 2 is 1.61 bits per heavy atom. The normalized spacial score (nSPS) is 12.8. The highest BCUT2D eigenvalue weighted by Crippen LogP contribution is 2.33. The molecule has 0 aromatic heterocycles. The van der Waals surface area contributed by atoms with Gasteiger partial charge in [-0.3, -0.25) is 9.59 Å². The first-order chi connectivity index (χ1) is 13.3. The first kappa shape index (κ1) is 25.8. The van der Waals surface area contributed by atoms with E-state index in [-0.39, 0.29) is 17.3 Å². The van der Waals surface area contributed by atoms with E-state index in [9.17, 15) is 9.59 Å². The van der Waals surface area contributed by atoms with Crippen molar-refractivity contribution in [3.05, 3.63) is 65.2 Å². The smallest absolute Gasteiger partial charge is 0.248 e. The second kappa shape index (κ2) is 13.0. The quantitative estimate of drug-likeness (QED) is 0.566. The molecule has 0 aliphatic carbocycles. The third kappa shape index (κ3) is 8.64. The van der Waals surface area contributed by atoms with Crippen LogP contribution in [0.2, 0.25) is 0 Å². The summed E-state index contributed by atoms with van der Waals surface area (Å²) < 4.78 is 5.84. The predicted octanol–water partition coefficient (Wildman–Crippen LogP) is 4.57. The average Bonchev–Trinajstić information content (AvgIpc) is 2.71. The molecule has 6 heteroatoms. The number of carbonyl (C=O) groups excluding carboxylic acids is 2. The summed E-state index contributed by atoms with van der Waals surface area (Å²) in [6.45, 7) is 9.78. The lowest BCUT2D eigenvalue weighted by atomic mass is 9.93. The molecule has 1 amide bonds. The predicted molar refractivity (Wildman–Crippen MR) is 118 cm³/mol. The summed E-state index contributed by atoms with van der Waals surface area (Å²) in [4.78, 5) is 28.6. The number of ether oxygens (including phenoxy) is 1. The lowest BCUT2D eigenvalue weighted by Gasteiger charge is -2.32. The first-order valence-electron chi connectivity index (χ1n) is 9.22. The van der Waals surface area contributed by atoms with Gasteiger partial charge in [0.2, 0.25) is 5.91 Å². The molecule has 154 valence electrons. The highest BCUT2D eigenvalue weighted by Gasteiger charge is 2.26. The lowest BCUT2D eigenvalue weighted by molar-refractivity contribution is 0.0846. The van der Waals surface area contributed by atoms with Gasteiger partial charge in [0.15, 0.2) is 5.78 Å². The summed E-state index contributed by atoms with van der Waals surface area (Å²) in [5.74, 6) is 0.662. The van der Waals surface area contributed by atoms with E-state index in [0.29, 0.717) is 5.56 Å². The molecule has 0 bridgehead atoms. The van der Waals surface area contributed by atoms with Crippen LogP contribution in [0.3, 0.4) is 0 Å². The van der Waals surface area contributed by atoms with Gasteiger partial charge >= 0.3 is 0 Å². The fraction of sp³-hybridized carbons (Fsp3) is 0.364. The SMILES string of the molecule is CC.CC(=O)c1ccc2c(c1)CCC(C)(C)O2.NC(=O)c1ccccc1.OP. The Kier molecular flexibility index (Phi) is 12.0. The second-order valence-electron chi connectivity index (χ2n) is 6.47. The topological polar surface area (TPSA) is 89.6 Å². The van der Waals surface area contributed by atoms with Crippen LogP contribution in [-0.2, 0) is 6.42 Å². The molecule has 1 heterocycles. The molecule has 2 aromatic rings. The molecule has 1 aliphatic heterocycles. The maximum absolute atomic E-state index is 11.2. The lowest BCUT2D eigenvalue weighted by Crippen LogP contribution is -2.32. The van der Waals surface area contributed by atoms with Gasteiger partial charge in [0, 0.05) is 11.1 Å². The third-order valence-electron chi connectivity index (χ3n) is 3.91. The Bertz CT molecular complexity index is 745. The van der Waals surface area contributed by atoms with Crippen LogP contribution in [0, 0.1) is 0 Å². The molecule has 5 nitrogen and oxygen atoms in total. The molecule has 3 rings (SSSR count). The average molecular weight is 405 g/mol. The van der Waals surface area contributed by atoms with E-state index >= 15 is 0 Å². The minimum Gasteiger partial charge on any atom is -0.488 e. The van der Waals surface area contributed by atoms with E-state index in [1.165, 1.54) is 9.47 Å². The van der Waals surface area contributed by atoms with Gasteiger partial charge in [-0.25, -0.2) is 0 Å². The van der Waals surface area contributed by atoms with Crippen molar-refractivity contribution in [2.75, 3.05) is 0 Å². The number of aryl methyl sites for hydroxylation is 1. The monoisotopic (exact) mass is 405 g/mol. The molecule has 2 aromatic carbocycles. The number of hydrogen-bond donors (Lipinski definition) is 2. The molecule has 0 spiro atoms. The number of primary amides is 1. The van der Waals surface area contributed by atoms with E-state index in [1.807, 2.05) is 38.1 Å². The molecular formula is C22H32NO4P. The molecule has 3 N–H and O–H groups in total. The van der Waals surface area contributed by atoms with Crippen LogP contribution >= 0.6 is 9.47 Å². The van der Waals surface area contributed by atoms with Crippen LogP contribution in [0.15, 0.2) is 48.5 Å². The van der Waals surface area contributed by atoms with Crippen LogP contribution in [0.25, 0.3) is 0 Å². The summed E-state index contributed by atoms with van der Waals surface area (Å²) in [6.07, 6.45) is 1.99. The fourth-order valence-corrected chi connectivity index (χ4v) is 2.48. The highest BCUT2D eigenvalue weighted by atomic mass is 31.0. The zero-order chi connectivity index (χ0) is 21.7. The molecule has 0 saturated heterocycles. The summed E-state index contributed by atoms with van der Waals surface area (Å²) in [6, 6.07) is 14.5. The fourth-order valence-electron chi connectivity index (χ4n) is 2.48. The van der Waals surface area contributed by atoms with Crippen molar-refractivity contribution in [1.29, 1.82) is 0 Å². The maximum Gasteiger partial charge on any atom is 0.248 e. The Labute approximate surface area is 170 Å². The van der Waals surface area contributed by atoms with Crippen molar-refractivity contribution >= 4 is 21.2 Å². The zero-order valence-electron chi connectivity index (χ0n) is 17.4. The van der Waals surface area contributed by atoms with Crippen molar-refractivity contribution in [2.24, 2.45) is 5.73 Å². The second-order valence-corrected chi connectivity index (χ2v) is 6.47. The number of hydrogen-bond acceptors (Lipinski definition) is 4. The van der Waals surface area contributed by atoms with Crippen LogP contribution in [0.1, 0.15) is 67.3 Å². The molecule has 0 radical (unpaired) electrons. The van der Waals surface area contributed by atoms with Crippen molar-refractivity contribution in [3.8, 4) is 5.75 Å². The van der Waals surface area contributed by atoms with Gasteiger partial charge in [-0.2, -0.15) is 0 Å². The van der Waals surface area contributed by atoms with Crippen LogP contribution in [-0.4, -0.2) is 22.2 Å². The van der Waals surface area contributed by atoms with Crippen molar-refractivity contribution in [2.45, 2.75) is 53.1 Å². The molecule has 1 atom stereocenters. The summed E-state index contributed by atoms with van der Waals surface area (Å²) in [7, 11) is 1.42. The number of nitrogens with two attached hydrogens (primary N) is 1. The van der Waals surface area contributed by atoms with E-state index in [4.69, 9.17) is 15.4 Å². The van der Waals surface area contributed by atoms with Crippen molar-refractivity contribution in [3.63, 3.8) is 0 Å². The number of benzene rings is 2. The standard InChI is InChI=1S/C13H16O2.C7H7NO.C2H6.H3OP/c1-9(14)10-4-5-12-11(8-10)6-7-13(2,3)15-12;8-7(9)6-4-2-1-3-5-6;2*1-2/h4-5,8H,6-7H2,1-3H3;1-5H,(H2,8,9);1-2H3;1H,2H2. The van der Waals surface area contributed by atoms with E-state index in [2.05, 4.69) is 13.8 Å². The number of rotatable bonds is 2. The number of ketones is 1. The van der Waals surface area contributed by atoms with Gasteiger partial charge in [0.25, 0.3) is 0 Å². The van der Waals surface area contributed by atoms with Gasteiger partial charge in [0.1, 0.15) is 11.4 Å². The number of carbonyl (C=O) groups is 2. The van der Waals surface area contributed by atoms with Crippen LogP contribution < -0.4 is 10.5 Å². The van der Waals surface area contributed by atoms with E-state index < -0.39 is 0 Å². The summed E-state index contributed by atoms with van der Waals surface area (Å²) >= 11 is 0. The number of Topliss-reactive ketones (excluding diaryl/α,β-unsaturated/α-hetero) is 1. The highest BCUT2D eigenvalue weighted by molar-refractivity contribution is 7.08. The summed E-state index contributed by atoms with van der Waals surface area (Å²) in [5.41, 5.74) is 7.38. The van der Waals surface area contributed by atoms with Gasteiger partial charge in [0.05, 0.1) is 0 Å². The molecule has 1 aliphatic rings. The van der Waals surface area contributed by atoms with Crippen molar-refractivity contribution in [1.82, 2.24) is 0 Å². The van der Waals surface area contributed by atoms with Gasteiger partial charge in [-0.1, -0.05) is 32.0 Å². The molecule has 0 saturated carbocycles. The Hall–Kier alpha value is -2.23. The Morgan fingerprint density at radius 3 is 2.07 bits per heavy atom. The minimum atomic E-state index is -0.379. The maximum atomic E-state index is 11.2. The number of fused-ring (bicyclic) bond motifs is 1. The van der Waals surface area contributed by atoms with Crippen LogP contribution in [0.4, 0.5) is 0 Å². The van der Waals surface area contributed by atoms with E-state index in [0.717, 1.165) is 29.7 Å². The molecule has 1 unspecified atom stereocenters. The molecular weight excluding hydrogens is 373 g/mol. The summed E-state index contributed by atoms with van der Waals surface area (Å²) in [5, 5.41) is 0. The van der Waals surface area contributed by atoms with Crippen molar-refractivity contribution < 1.29 is 19.2 Å². The first-order valence-corrected chi connectivity index (χ1v) is 9.74. The van der Waals surface area contributed by atoms with Crippen LogP contribution in [0.5, 0.6) is 5.75 Å². The Balaban J connectivity index is 0.000000481. The van der Waals surface area contributed by atoms with E-state index in [1.54, 1.807) is 31.2 Å². The molecule has 0 fully saturated rings. The van der Waals surface area contributed by atoms with Gasteiger partial charge in [-0.05, 0) is 79.0 Å². The van der Waals surface area contributed by atoms with Gasteiger partial charge in [-0.15, -0.1) is 0 Å². The number of amides is 1. The van der Waals surface area contributed by atoms with Gasteiger partial charge < -0.3 is 15.4 Å². The Morgan fingerprint density at radius 1 is 1.04 bits per heavy atom. The third-order valence-corrected chi connectivity index (χ3v) is 3.91. The minimum absolute atomic E-state index is 0.0786. The zero-order valence-corrected chi connectivity index (χ0v) is 18.5. The molecule has 28 heavy (non-hydrogen) atoms. The largest absolute Gasteiger partial charge is 0.488 e.